The number of nitrogens with zero attached hydrogens (tertiary/aromatic N) is 2. The molecule has 7 nitrogen and oxygen atoms in total. The van der Waals surface area contributed by atoms with Gasteiger partial charge in [0.05, 0.1) is 36.6 Å². The van der Waals surface area contributed by atoms with Crippen LogP contribution in [0.4, 0.5) is 0 Å². The van der Waals surface area contributed by atoms with Crippen LogP contribution in [0.1, 0.15) is 22.2 Å². The lowest BCUT2D eigenvalue weighted by molar-refractivity contribution is 0.112. The number of rotatable bonds is 8. The number of hydrogen-bond acceptors (Lipinski definition) is 6. The van der Waals surface area contributed by atoms with Crippen LogP contribution in [0.25, 0.3) is 10.2 Å². The maximum Gasteiger partial charge on any atom is 0.332 e. The van der Waals surface area contributed by atoms with Crippen LogP contribution >= 0.6 is 11.3 Å². The van der Waals surface area contributed by atoms with E-state index in [1.807, 2.05) is 6.92 Å². The topological polar surface area (TPSA) is 79.5 Å². The lowest BCUT2D eigenvalue weighted by atomic mass is 10.2. The minimum Gasteiger partial charge on any atom is -0.383 e. The summed E-state index contributed by atoms with van der Waals surface area (Å²) >= 11 is 1.16. The van der Waals surface area contributed by atoms with Gasteiger partial charge in [-0.2, -0.15) is 0 Å². The Balaban J connectivity index is 2.71. The second-order valence-corrected chi connectivity index (χ2v) is 6.00. The lowest BCUT2D eigenvalue weighted by Crippen LogP contribution is -2.41. The fourth-order valence-electron chi connectivity index (χ4n) is 2.40. The average molecular weight is 340 g/mol. The number of aromatic nitrogens is 2. The summed E-state index contributed by atoms with van der Waals surface area (Å²) in [5, 5.41) is 0.421. The third-order valence-corrected chi connectivity index (χ3v) is 4.86. The summed E-state index contributed by atoms with van der Waals surface area (Å²) in [6, 6.07) is 0. The fourth-order valence-corrected chi connectivity index (χ4v) is 3.53. The van der Waals surface area contributed by atoms with Gasteiger partial charge in [0.1, 0.15) is 4.83 Å². The third-order valence-electron chi connectivity index (χ3n) is 3.62. The number of thiophene rings is 1. The van der Waals surface area contributed by atoms with E-state index < -0.39 is 5.69 Å². The largest absolute Gasteiger partial charge is 0.383 e. The summed E-state index contributed by atoms with van der Waals surface area (Å²) < 4.78 is 13.0. The highest BCUT2D eigenvalue weighted by Gasteiger charge is 2.19. The Hall–Kier alpha value is -1.77. The quantitative estimate of drug-likeness (QED) is 0.530. The molecule has 8 heteroatoms. The molecule has 0 aromatic carbocycles. The highest BCUT2D eigenvalue weighted by Crippen LogP contribution is 2.26. The summed E-state index contributed by atoms with van der Waals surface area (Å²) in [6.07, 6.45) is 0.717. The monoisotopic (exact) mass is 340 g/mol. The Kier molecular flexibility index (Phi) is 5.86. The van der Waals surface area contributed by atoms with E-state index in [2.05, 4.69) is 0 Å². The Morgan fingerprint density at radius 2 is 1.87 bits per heavy atom. The average Bonchev–Trinajstić information content (AvgIpc) is 2.87. The molecule has 0 N–H and O–H groups in total. The van der Waals surface area contributed by atoms with E-state index in [9.17, 15) is 14.4 Å². The van der Waals surface area contributed by atoms with Gasteiger partial charge in [-0.3, -0.25) is 18.7 Å². The van der Waals surface area contributed by atoms with Gasteiger partial charge in [-0.15, -0.1) is 11.3 Å². The highest BCUT2D eigenvalue weighted by atomic mass is 32.1. The number of carbonyl (C=O) groups is 1. The SMILES string of the molecule is CCOCCn1c(=O)c2c(C)c(C=O)sc2n(CCOC)c1=O. The van der Waals surface area contributed by atoms with Crippen molar-refractivity contribution in [1.82, 2.24) is 9.13 Å². The van der Waals surface area contributed by atoms with Crippen LogP contribution in [0.2, 0.25) is 0 Å². The normalized spacial score (nSPS) is 11.3. The molecule has 0 saturated carbocycles. The second-order valence-electron chi connectivity index (χ2n) is 4.97. The standard InChI is InChI=1S/C15H20N2O5S/c1-4-22-8-6-16-13(19)12-10(2)11(9-18)23-14(12)17(15(16)20)5-7-21-3/h9H,4-8H2,1-3H3. The number of carbonyl (C=O) groups excluding carboxylic acids is 1. The van der Waals surface area contributed by atoms with Gasteiger partial charge in [-0.25, -0.2) is 4.79 Å². The molecule has 0 unspecified atom stereocenters. The van der Waals surface area contributed by atoms with E-state index >= 15 is 0 Å². The van der Waals surface area contributed by atoms with Gasteiger partial charge in [-0.1, -0.05) is 0 Å². The Morgan fingerprint density at radius 3 is 2.48 bits per heavy atom. The summed E-state index contributed by atoms with van der Waals surface area (Å²) in [7, 11) is 1.55. The number of ether oxygens (including phenoxy) is 2. The van der Waals surface area contributed by atoms with Gasteiger partial charge in [0, 0.05) is 13.7 Å². The molecular weight excluding hydrogens is 320 g/mol. The van der Waals surface area contributed by atoms with Crippen LogP contribution in [0, 0.1) is 6.92 Å². The van der Waals surface area contributed by atoms with Gasteiger partial charge in [-0.05, 0) is 19.4 Å². The molecule has 2 aromatic rings. The Labute approximate surface area is 137 Å². The first-order valence-electron chi connectivity index (χ1n) is 7.35. The van der Waals surface area contributed by atoms with Gasteiger partial charge in [0.25, 0.3) is 5.56 Å². The molecule has 23 heavy (non-hydrogen) atoms. The summed E-state index contributed by atoms with van der Waals surface area (Å²) in [5.41, 5.74) is -0.167. The lowest BCUT2D eigenvalue weighted by Gasteiger charge is -2.12. The predicted molar refractivity (Wildman–Crippen MR) is 88.8 cm³/mol. The van der Waals surface area contributed by atoms with E-state index in [0.29, 0.717) is 40.4 Å². The van der Waals surface area contributed by atoms with Gasteiger partial charge in [0.15, 0.2) is 6.29 Å². The molecule has 0 aliphatic heterocycles. The highest BCUT2D eigenvalue weighted by molar-refractivity contribution is 7.20. The first-order chi connectivity index (χ1) is 11.1. The molecule has 0 bridgehead atoms. The van der Waals surface area contributed by atoms with E-state index in [1.165, 1.54) is 9.13 Å². The summed E-state index contributed by atoms with van der Waals surface area (Å²) in [6.45, 7) is 5.21. The van der Waals surface area contributed by atoms with Crippen molar-refractivity contribution in [2.45, 2.75) is 26.9 Å². The molecule has 0 spiro atoms. The van der Waals surface area contributed by atoms with Gasteiger partial charge in [0.2, 0.25) is 0 Å². The molecule has 0 amide bonds. The summed E-state index contributed by atoms with van der Waals surface area (Å²) in [5.74, 6) is 0. The fraction of sp³-hybridized carbons (Fsp3) is 0.533. The van der Waals surface area contributed by atoms with Crippen LogP contribution in [0.15, 0.2) is 9.59 Å². The summed E-state index contributed by atoms with van der Waals surface area (Å²) in [4.78, 5) is 37.5. The predicted octanol–water partition coefficient (Wildman–Crippen LogP) is 1.03. The van der Waals surface area contributed by atoms with Crippen molar-refractivity contribution in [3.05, 3.63) is 31.3 Å². The van der Waals surface area contributed by atoms with Gasteiger partial charge < -0.3 is 9.47 Å². The number of aryl methyl sites for hydroxylation is 1. The maximum atomic E-state index is 12.7. The smallest absolute Gasteiger partial charge is 0.332 e. The molecule has 2 aromatic heterocycles. The number of methoxy groups -OCH3 is 1. The molecule has 0 radical (unpaired) electrons. The molecule has 0 fully saturated rings. The van der Waals surface area contributed by atoms with E-state index in [1.54, 1.807) is 14.0 Å². The van der Waals surface area contributed by atoms with E-state index in [4.69, 9.17) is 9.47 Å². The number of hydrogen-bond donors (Lipinski definition) is 0. The van der Waals surface area contributed by atoms with Crippen molar-refractivity contribution in [1.29, 1.82) is 0 Å². The minimum absolute atomic E-state index is 0.181. The van der Waals surface area contributed by atoms with Crippen LogP contribution in [0.3, 0.4) is 0 Å². The first-order valence-corrected chi connectivity index (χ1v) is 8.17. The van der Waals surface area contributed by atoms with Gasteiger partial charge >= 0.3 is 5.69 Å². The van der Waals surface area contributed by atoms with Crippen molar-refractivity contribution in [2.24, 2.45) is 0 Å². The first kappa shape index (κ1) is 17.6. The molecule has 0 atom stereocenters. The number of aldehydes is 1. The molecule has 2 heterocycles. The number of fused-ring (bicyclic) bond motifs is 1. The van der Waals surface area contributed by atoms with E-state index in [0.717, 1.165) is 17.6 Å². The second kappa shape index (κ2) is 7.67. The molecule has 0 aliphatic carbocycles. The van der Waals surface area contributed by atoms with Crippen molar-refractivity contribution in [2.75, 3.05) is 26.9 Å². The van der Waals surface area contributed by atoms with E-state index in [-0.39, 0.29) is 18.7 Å². The zero-order valence-electron chi connectivity index (χ0n) is 13.5. The van der Waals surface area contributed by atoms with Crippen LogP contribution in [-0.4, -0.2) is 42.4 Å². The van der Waals surface area contributed by atoms with Crippen molar-refractivity contribution >= 4 is 27.8 Å². The molecule has 0 aliphatic rings. The molecule has 126 valence electrons. The van der Waals surface area contributed by atoms with Crippen molar-refractivity contribution < 1.29 is 14.3 Å². The zero-order valence-corrected chi connectivity index (χ0v) is 14.3. The Morgan fingerprint density at radius 1 is 1.17 bits per heavy atom. The molecular formula is C15H20N2O5S. The molecule has 2 rings (SSSR count). The third kappa shape index (κ3) is 3.29. The Bertz CT molecular complexity index is 818. The zero-order chi connectivity index (χ0) is 17.0. The van der Waals surface area contributed by atoms with Crippen molar-refractivity contribution in [3.63, 3.8) is 0 Å². The molecule has 0 saturated heterocycles. The van der Waals surface area contributed by atoms with Crippen molar-refractivity contribution in [3.8, 4) is 0 Å². The van der Waals surface area contributed by atoms with Crippen LogP contribution in [-0.2, 0) is 22.6 Å². The maximum absolute atomic E-state index is 12.7. The minimum atomic E-state index is -0.405. The van der Waals surface area contributed by atoms with Crippen LogP contribution in [0.5, 0.6) is 0 Å². The van der Waals surface area contributed by atoms with Crippen LogP contribution < -0.4 is 11.2 Å².